The van der Waals surface area contributed by atoms with Crippen LogP contribution in [0.5, 0.6) is 11.5 Å². The van der Waals surface area contributed by atoms with Crippen LogP contribution in [0, 0.1) is 0 Å². The molecule has 1 aromatic carbocycles. The average Bonchev–Trinajstić information content (AvgIpc) is 2.66. The van der Waals surface area contributed by atoms with Gasteiger partial charge in [0.2, 0.25) is 5.91 Å². The molecule has 0 spiro atoms. The number of benzene rings is 1. The number of likely N-dealkylation sites (tertiary alicyclic amines) is 1. The molecular formula is C21H31ClN2O3. The first-order chi connectivity index (χ1) is 13.0. The summed E-state index contributed by atoms with van der Waals surface area (Å²) in [5.74, 6) is 0.973. The summed E-state index contributed by atoms with van der Waals surface area (Å²) < 4.78 is 10.8. The molecule has 0 unspecified atom stereocenters. The molecule has 1 atom stereocenters. The number of hydrogen-bond donors (Lipinski definition) is 1. The molecule has 0 aromatic heterocycles. The van der Waals surface area contributed by atoms with Crippen molar-refractivity contribution in [3.05, 3.63) is 28.8 Å². The maximum atomic E-state index is 12.0. The van der Waals surface area contributed by atoms with Gasteiger partial charge in [-0.25, -0.2) is 0 Å². The van der Waals surface area contributed by atoms with E-state index in [0.717, 1.165) is 18.5 Å². The van der Waals surface area contributed by atoms with E-state index in [1.165, 1.54) is 31.9 Å². The zero-order chi connectivity index (χ0) is 19.6. The van der Waals surface area contributed by atoms with E-state index in [2.05, 4.69) is 17.1 Å². The van der Waals surface area contributed by atoms with Gasteiger partial charge in [0, 0.05) is 25.2 Å². The first-order valence-corrected chi connectivity index (χ1v) is 10.1. The minimum Gasteiger partial charge on any atom is -0.493 e. The maximum Gasteiger partial charge on any atom is 0.243 e. The maximum absolute atomic E-state index is 12.0. The molecule has 0 aliphatic carbocycles. The van der Waals surface area contributed by atoms with Crippen LogP contribution in [-0.2, 0) is 4.79 Å². The highest BCUT2D eigenvalue weighted by Crippen LogP contribution is 2.36. The highest BCUT2D eigenvalue weighted by atomic mass is 35.5. The van der Waals surface area contributed by atoms with Gasteiger partial charge < -0.3 is 19.7 Å². The summed E-state index contributed by atoms with van der Waals surface area (Å²) >= 11 is 6.25. The van der Waals surface area contributed by atoms with Crippen molar-refractivity contribution in [3.8, 4) is 11.5 Å². The van der Waals surface area contributed by atoms with E-state index in [1.54, 1.807) is 25.3 Å². The van der Waals surface area contributed by atoms with Crippen LogP contribution in [0.2, 0.25) is 5.02 Å². The van der Waals surface area contributed by atoms with Crippen molar-refractivity contribution in [2.24, 2.45) is 0 Å². The zero-order valence-electron chi connectivity index (χ0n) is 16.6. The first-order valence-electron chi connectivity index (χ1n) is 9.75. The predicted octanol–water partition coefficient (Wildman–Crippen LogP) is 4.14. The van der Waals surface area contributed by atoms with Gasteiger partial charge in [-0.1, -0.05) is 18.0 Å². The highest BCUT2D eigenvalue weighted by molar-refractivity contribution is 6.32. The second-order valence-corrected chi connectivity index (χ2v) is 7.23. The van der Waals surface area contributed by atoms with Crippen LogP contribution in [0.1, 0.15) is 45.1 Å². The second-order valence-electron chi connectivity index (χ2n) is 6.83. The van der Waals surface area contributed by atoms with Crippen molar-refractivity contribution in [1.82, 2.24) is 10.2 Å². The lowest BCUT2D eigenvalue weighted by atomic mass is 10.0. The fraction of sp³-hybridized carbons (Fsp3) is 0.571. The zero-order valence-corrected chi connectivity index (χ0v) is 17.3. The molecule has 5 nitrogen and oxygen atoms in total. The van der Waals surface area contributed by atoms with Crippen molar-refractivity contribution >= 4 is 23.6 Å². The van der Waals surface area contributed by atoms with Gasteiger partial charge in [0.05, 0.1) is 18.7 Å². The fourth-order valence-corrected chi connectivity index (χ4v) is 3.61. The highest BCUT2D eigenvalue weighted by Gasteiger charge is 2.17. The number of piperidine rings is 1. The van der Waals surface area contributed by atoms with Crippen LogP contribution in [0.15, 0.2) is 18.2 Å². The molecule has 0 saturated carbocycles. The van der Waals surface area contributed by atoms with Gasteiger partial charge in [-0.2, -0.15) is 0 Å². The van der Waals surface area contributed by atoms with Gasteiger partial charge in [0.25, 0.3) is 0 Å². The Bertz CT molecular complexity index is 649. The predicted molar refractivity (Wildman–Crippen MR) is 111 cm³/mol. The molecule has 6 heteroatoms. The standard InChI is InChI=1S/C21H31ClN2O3/c1-4-27-21-18(22)14-17(15-19(21)26-3)9-10-20(25)23-11-7-13-24-12-6-5-8-16(24)2/h9-10,14-16H,4-8,11-13H2,1-3H3,(H,23,25)/b10-9+/t16-/m0/s1. The monoisotopic (exact) mass is 394 g/mol. The van der Waals surface area contributed by atoms with Crippen LogP contribution >= 0.6 is 11.6 Å². The summed E-state index contributed by atoms with van der Waals surface area (Å²) in [5, 5.41) is 3.41. The minimum absolute atomic E-state index is 0.106. The van der Waals surface area contributed by atoms with Crippen LogP contribution in [0.3, 0.4) is 0 Å². The van der Waals surface area contributed by atoms with Crippen molar-refractivity contribution < 1.29 is 14.3 Å². The van der Waals surface area contributed by atoms with E-state index in [9.17, 15) is 4.79 Å². The molecule has 1 fully saturated rings. The molecular weight excluding hydrogens is 364 g/mol. The molecule has 1 saturated heterocycles. The van der Waals surface area contributed by atoms with Crippen molar-refractivity contribution in [3.63, 3.8) is 0 Å². The fourth-order valence-electron chi connectivity index (χ4n) is 3.33. The number of methoxy groups -OCH3 is 1. The van der Waals surface area contributed by atoms with Gasteiger partial charge in [0.1, 0.15) is 0 Å². The van der Waals surface area contributed by atoms with E-state index < -0.39 is 0 Å². The molecule has 1 heterocycles. The lowest BCUT2D eigenvalue weighted by molar-refractivity contribution is -0.116. The third kappa shape index (κ3) is 6.74. The molecule has 1 aromatic rings. The third-order valence-electron chi connectivity index (χ3n) is 4.83. The summed E-state index contributed by atoms with van der Waals surface area (Å²) in [6, 6.07) is 4.23. The SMILES string of the molecule is CCOc1c(Cl)cc(/C=C/C(=O)NCCCN2CCCC[C@@H]2C)cc1OC. The number of carbonyl (C=O) groups excluding carboxylic acids is 1. The van der Waals surface area contributed by atoms with E-state index in [0.29, 0.717) is 35.7 Å². The summed E-state index contributed by atoms with van der Waals surface area (Å²) in [6.45, 7) is 7.58. The molecule has 0 bridgehead atoms. The first kappa shape index (κ1) is 21.6. The van der Waals surface area contributed by atoms with Crippen molar-refractivity contribution in [1.29, 1.82) is 0 Å². The largest absolute Gasteiger partial charge is 0.493 e. The van der Waals surface area contributed by atoms with Crippen LogP contribution in [0.4, 0.5) is 0 Å². The molecule has 0 radical (unpaired) electrons. The number of amides is 1. The smallest absolute Gasteiger partial charge is 0.243 e. The molecule has 1 aliphatic heterocycles. The second kappa shape index (κ2) is 11.2. The minimum atomic E-state index is -0.106. The third-order valence-corrected chi connectivity index (χ3v) is 5.11. The molecule has 27 heavy (non-hydrogen) atoms. The molecule has 1 amide bonds. The lowest BCUT2D eigenvalue weighted by Crippen LogP contribution is -2.39. The summed E-state index contributed by atoms with van der Waals surface area (Å²) in [7, 11) is 1.57. The summed E-state index contributed by atoms with van der Waals surface area (Å²) in [5.41, 5.74) is 0.789. The number of ether oxygens (including phenoxy) is 2. The number of nitrogens with one attached hydrogen (secondary N) is 1. The molecule has 150 valence electrons. The van der Waals surface area contributed by atoms with Crippen LogP contribution < -0.4 is 14.8 Å². The van der Waals surface area contributed by atoms with E-state index in [4.69, 9.17) is 21.1 Å². The molecule has 2 rings (SSSR count). The number of carbonyl (C=O) groups is 1. The van der Waals surface area contributed by atoms with Crippen molar-refractivity contribution in [2.45, 2.75) is 45.6 Å². The van der Waals surface area contributed by atoms with Gasteiger partial charge in [-0.05, 0) is 63.4 Å². The Hall–Kier alpha value is -1.72. The topological polar surface area (TPSA) is 50.8 Å². The number of halogens is 1. The Morgan fingerprint density at radius 1 is 1.41 bits per heavy atom. The average molecular weight is 395 g/mol. The molecule has 1 N–H and O–H groups in total. The molecule has 1 aliphatic rings. The Morgan fingerprint density at radius 3 is 2.93 bits per heavy atom. The Labute approximate surface area is 167 Å². The van der Waals surface area contributed by atoms with Gasteiger partial charge in [0.15, 0.2) is 11.5 Å². The Morgan fingerprint density at radius 2 is 2.22 bits per heavy atom. The Kier molecular flexibility index (Phi) is 8.95. The van der Waals surface area contributed by atoms with E-state index >= 15 is 0 Å². The van der Waals surface area contributed by atoms with E-state index in [1.807, 2.05) is 6.92 Å². The normalized spacial score (nSPS) is 17.9. The quantitative estimate of drug-likeness (QED) is 0.505. The summed E-state index contributed by atoms with van der Waals surface area (Å²) in [4.78, 5) is 14.6. The van der Waals surface area contributed by atoms with Gasteiger partial charge in [-0.15, -0.1) is 0 Å². The Balaban J connectivity index is 1.81. The van der Waals surface area contributed by atoms with Gasteiger partial charge in [-0.3, -0.25) is 4.79 Å². The lowest BCUT2D eigenvalue weighted by Gasteiger charge is -2.33. The van der Waals surface area contributed by atoms with Crippen LogP contribution in [0.25, 0.3) is 6.08 Å². The number of rotatable bonds is 9. The van der Waals surface area contributed by atoms with E-state index in [-0.39, 0.29) is 5.91 Å². The summed E-state index contributed by atoms with van der Waals surface area (Å²) in [6.07, 6.45) is 8.12. The van der Waals surface area contributed by atoms with Crippen molar-refractivity contribution in [2.75, 3.05) is 33.4 Å². The van der Waals surface area contributed by atoms with Crippen LogP contribution in [-0.4, -0.2) is 50.2 Å². The number of nitrogens with zero attached hydrogens (tertiary/aromatic N) is 1. The number of hydrogen-bond acceptors (Lipinski definition) is 4. The van der Waals surface area contributed by atoms with Gasteiger partial charge >= 0.3 is 0 Å².